The molecule has 4 aromatic rings. The summed E-state index contributed by atoms with van der Waals surface area (Å²) in [6.45, 7) is 0. The average Bonchev–Trinajstić information content (AvgIpc) is 3.13. The third-order valence-electron chi connectivity index (χ3n) is 3.70. The van der Waals surface area contributed by atoms with E-state index >= 15 is 0 Å². The van der Waals surface area contributed by atoms with Gasteiger partial charge in [-0.25, -0.2) is 0 Å². The van der Waals surface area contributed by atoms with Crippen LogP contribution in [0.2, 0.25) is 0 Å². The summed E-state index contributed by atoms with van der Waals surface area (Å²) in [7, 11) is 0. The number of benzene rings is 1. The van der Waals surface area contributed by atoms with Crippen molar-refractivity contribution >= 4 is 0 Å². The van der Waals surface area contributed by atoms with E-state index in [1.54, 1.807) is 6.20 Å². The lowest BCUT2D eigenvalue weighted by Crippen LogP contribution is -1.88. The number of H-pyrrole nitrogens is 1. The first-order valence-electron chi connectivity index (χ1n) is 7.38. The van der Waals surface area contributed by atoms with Crippen molar-refractivity contribution in [3.63, 3.8) is 0 Å². The van der Waals surface area contributed by atoms with E-state index in [9.17, 15) is 0 Å². The van der Waals surface area contributed by atoms with Crippen molar-refractivity contribution < 1.29 is 0 Å². The van der Waals surface area contributed by atoms with E-state index in [0.29, 0.717) is 0 Å². The first-order chi connectivity index (χ1) is 11.4. The van der Waals surface area contributed by atoms with E-state index in [-0.39, 0.29) is 0 Å². The molecule has 4 rings (SSSR count). The van der Waals surface area contributed by atoms with E-state index in [1.807, 2.05) is 54.9 Å². The lowest BCUT2D eigenvalue weighted by Gasteiger charge is -2.05. The molecule has 0 atom stereocenters. The second-order valence-corrected chi connectivity index (χ2v) is 5.17. The van der Waals surface area contributed by atoms with Crippen LogP contribution in [0.5, 0.6) is 0 Å². The molecule has 0 aliphatic rings. The maximum Gasteiger partial charge on any atom is 0.0912 e. The second kappa shape index (κ2) is 5.85. The Hall–Kier alpha value is -3.27. The van der Waals surface area contributed by atoms with Gasteiger partial charge in [0.05, 0.1) is 23.3 Å². The van der Waals surface area contributed by atoms with Crippen molar-refractivity contribution in [2.75, 3.05) is 0 Å². The number of nitrogens with one attached hydrogen (secondary N) is 1. The third-order valence-corrected chi connectivity index (χ3v) is 3.70. The molecule has 1 N–H and O–H groups in total. The molecule has 0 saturated heterocycles. The summed E-state index contributed by atoms with van der Waals surface area (Å²) >= 11 is 0. The predicted octanol–water partition coefficient (Wildman–Crippen LogP) is 4.20. The quantitative estimate of drug-likeness (QED) is 0.616. The molecule has 0 amide bonds. The van der Waals surface area contributed by atoms with Gasteiger partial charge in [0.15, 0.2) is 0 Å². The van der Waals surface area contributed by atoms with E-state index in [0.717, 1.165) is 33.8 Å². The minimum Gasteiger partial charge on any atom is -0.276 e. The number of aromatic amines is 1. The Labute approximate surface area is 133 Å². The summed E-state index contributed by atoms with van der Waals surface area (Å²) in [6.07, 6.45) is 5.43. The van der Waals surface area contributed by atoms with Gasteiger partial charge in [-0.05, 0) is 29.8 Å². The molecule has 4 heteroatoms. The normalized spacial score (nSPS) is 10.6. The molecule has 0 radical (unpaired) electrons. The highest BCUT2D eigenvalue weighted by atomic mass is 15.1. The highest BCUT2D eigenvalue weighted by Crippen LogP contribution is 2.30. The molecule has 110 valence electrons. The molecule has 1 aromatic carbocycles. The van der Waals surface area contributed by atoms with Crippen LogP contribution in [-0.4, -0.2) is 20.2 Å². The largest absolute Gasteiger partial charge is 0.276 e. The molecule has 0 bridgehead atoms. The van der Waals surface area contributed by atoms with Crippen LogP contribution in [0, 0.1) is 0 Å². The van der Waals surface area contributed by atoms with E-state index in [2.05, 4.69) is 38.4 Å². The highest BCUT2D eigenvalue weighted by molar-refractivity contribution is 5.80. The van der Waals surface area contributed by atoms with Gasteiger partial charge in [-0.15, -0.1) is 0 Å². The number of nitrogens with zero attached hydrogens (tertiary/aromatic N) is 3. The van der Waals surface area contributed by atoms with Gasteiger partial charge in [-0.3, -0.25) is 15.1 Å². The van der Waals surface area contributed by atoms with Crippen LogP contribution < -0.4 is 0 Å². The third kappa shape index (κ3) is 2.62. The molecule has 0 fully saturated rings. The molecule has 23 heavy (non-hydrogen) atoms. The molecule has 0 aliphatic heterocycles. The van der Waals surface area contributed by atoms with Crippen molar-refractivity contribution in [2.24, 2.45) is 0 Å². The fourth-order valence-electron chi connectivity index (χ4n) is 2.58. The zero-order valence-corrected chi connectivity index (χ0v) is 12.3. The highest BCUT2D eigenvalue weighted by Gasteiger charge is 2.11. The Bertz CT molecular complexity index is 914. The summed E-state index contributed by atoms with van der Waals surface area (Å²) in [5.74, 6) is 0. The summed E-state index contributed by atoms with van der Waals surface area (Å²) in [4.78, 5) is 8.88. The Morgan fingerprint density at radius 3 is 2.35 bits per heavy atom. The number of rotatable bonds is 3. The number of hydrogen-bond donors (Lipinski definition) is 1. The summed E-state index contributed by atoms with van der Waals surface area (Å²) in [6, 6.07) is 20.0. The number of pyridine rings is 2. The molecule has 4 nitrogen and oxygen atoms in total. The Balaban J connectivity index is 1.80. The molecule has 0 unspecified atom stereocenters. The van der Waals surface area contributed by atoms with E-state index < -0.39 is 0 Å². The standard InChI is InChI=1S/C19H14N4/c1-2-6-14(7-3-1)18-12-15(9-11-21-18)16-13-22-23-19(16)17-8-4-5-10-20-17/h1-13H,(H,22,23). The van der Waals surface area contributed by atoms with Crippen LogP contribution in [0.15, 0.2) is 79.3 Å². The fraction of sp³-hybridized carbons (Fsp3) is 0. The van der Waals surface area contributed by atoms with Gasteiger partial charge >= 0.3 is 0 Å². The SMILES string of the molecule is c1ccc(-c2cc(-c3cn[nH]c3-c3ccccn3)ccn2)cc1. The van der Waals surface area contributed by atoms with Crippen molar-refractivity contribution in [1.29, 1.82) is 0 Å². The molecule has 0 spiro atoms. The van der Waals surface area contributed by atoms with Gasteiger partial charge in [-0.1, -0.05) is 36.4 Å². The topological polar surface area (TPSA) is 54.5 Å². The van der Waals surface area contributed by atoms with Gasteiger partial charge in [0.25, 0.3) is 0 Å². The van der Waals surface area contributed by atoms with Gasteiger partial charge in [0.1, 0.15) is 0 Å². The summed E-state index contributed by atoms with van der Waals surface area (Å²) < 4.78 is 0. The van der Waals surface area contributed by atoms with Crippen molar-refractivity contribution in [3.05, 3.63) is 79.3 Å². The van der Waals surface area contributed by atoms with Crippen LogP contribution in [0.4, 0.5) is 0 Å². The second-order valence-electron chi connectivity index (χ2n) is 5.17. The maximum atomic E-state index is 4.48. The smallest absolute Gasteiger partial charge is 0.0912 e. The van der Waals surface area contributed by atoms with Gasteiger partial charge in [0.2, 0.25) is 0 Å². The Morgan fingerprint density at radius 1 is 0.696 bits per heavy atom. The van der Waals surface area contributed by atoms with Crippen LogP contribution in [-0.2, 0) is 0 Å². The van der Waals surface area contributed by atoms with Crippen molar-refractivity contribution in [2.45, 2.75) is 0 Å². The van der Waals surface area contributed by atoms with E-state index in [1.165, 1.54) is 0 Å². The van der Waals surface area contributed by atoms with Gasteiger partial charge in [0, 0.05) is 23.5 Å². The molecule has 3 heterocycles. The summed E-state index contributed by atoms with van der Waals surface area (Å²) in [5.41, 5.74) is 5.90. The zero-order chi connectivity index (χ0) is 15.5. The first-order valence-corrected chi connectivity index (χ1v) is 7.38. The minimum absolute atomic E-state index is 0.873. The number of hydrogen-bond acceptors (Lipinski definition) is 3. The van der Waals surface area contributed by atoms with Crippen LogP contribution >= 0.6 is 0 Å². The van der Waals surface area contributed by atoms with Crippen molar-refractivity contribution in [1.82, 2.24) is 20.2 Å². The number of aromatic nitrogens is 4. The lowest BCUT2D eigenvalue weighted by molar-refractivity contribution is 1.09. The fourth-order valence-corrected chi connectivity index (χ4v) is 2.58. The van der Waals surface area contributed by atoms with Gasteiger partial charge < -0.3 is 0 Å². The maximum absolute atomic E-state index is 4.48. The first kappa shape index (κ1) is 13.4. The molecule has 0 aliphatic carbocycles. The zero-order valence-electron chi connectivity index (χ0n) is 12.3. The van der Waals surface area contributed by atoms with Crippen LogP contribution in [0.3, 0.4) is 0 Å². The van der Waals surface area contributed by atoms with Crippen molar-refractivity contribution in [3.8, 4) is 33.8 Å². The lowest BCUT2D eigenvalue weighted by atomic mass is 10.0. The Morgan fingerprint density at radius 2 is 1.52 bits per heavy atom. The van der Waals surface area contributed by atoms with Gasteiger partial charge in [-0.2, -0.15) is 5.10 Å². The van der Waals surface area contributed by atoms with E-state index in [4.69, 9.17) is 0 Å². The summed E-state index contributed by atoms with van der Waals surface area (Å²) in [5, 5.41) is 7.24. The monoisotopic (exact) mass is 298 g/mol. The average molecular weight is 298 g/mol. The molecule has 3 aromatic heterocycles. The predicted molar refractivity (Wildman–Crippen MR) is 90.5 cm³/mol. The Kier molecular flexibility index (Phi) is 3.41. The van der Waals surface area contributed by atoms with Crippen LogP contribution in [0.1, 0.15) is 0 Å². The molecule has 0 saturated carbocycles. The molecular formula is C19H14N4. The molecular weight excluding hydrogens is 284 g/mol. The minimum atomic E-state index is 0.873. The van der Waals surface area contributed by atoms with Crippen LogP contribution in [0.25, 0.3) is 33.8 Å².